The van der Waals surface area contributed by atoms with Crippen LogP contribution in [0.15, 0.2) is 67.1 Å². The summed E-state index contributed by atoms with van der Waals surface area (Å²) in [6.45, 7) is 0. The van der Waals surface area contributed by atoms with Gasteiger partial charge in [0.2, 0.25) is 5.88 Å². The first-order chi connectivity index (χ1) is 11.8. The molecule has 4 rings (SSSR count). The quantitative estimate of drug-likeness (QED) is 0.575. The fourth-order valence-corrected chi connectivity index (χ4v) is 2.42. The maximum Gasteiger partial charge on any atom is 0.233 e. The molecule has 0 aliphatic rings. The molecule has 0 atom stereocenters. The Balaban J connectivity index is 1.73. The molecule has 6 nitrogen and oxygen atoms in total. The van der Waals surface area contributed by atoms with Gasteiger partial charge in [-0.1, -0.05) is 18.2 Å². The van der Waals surface area contributed by atoms with Crippen molar-refractivity contribution in [2.75, 3.05) is 7.11 Å². The molecular formula is C18H14N4O2. The third-order valence-corrected chi connectivity index (χ3v) is 3.60. The lowest BCUT2D eigenvalue weighted by Crippen LogP contribution is -1.98. The van der Waals surface area contributed by atoms with E-state index >= 15 is 0 Å². The number of rotatable bonds is 4. The SMILES string of the molecule is COc1ccc(Oc2ncnc3c2cnn3-c2ccccc2)cc1. The molecule has 4 aromatic rings. The van der Waals surface area contributed by atoms with Gasteiger partial charge in [-0.3, -0.25) is 0 Å². The molecule has 0 unspecified atom stereocenters. The Labute approximate surface area is 138 Å². The van der Waals surface area contributed by atoms with Gasteiger partial charge < -0.3 is 9.47 Å². The van der Waals surface area contributed by atoms with Crippen molar-refractivity contribution in [1.29, 1.82) is 0 Å². The van der Waals surface area contributed by atoms with Crippen LogP contribution in [-0.4, -0.2) is 26.9 Å². The largest absolute Gasteiger partial charge is 0.497 e. The zero-order valence-electron chi connectivity index (χ0n) is 13.0. The molecular weight excluding hydrogens is 304 g/mol. The minimum absolute atomic E-state index is 0.465. The van der Waals surface area contributed by atoms with Crippen LogP contribution in [0.4, 0.5) is 0 Å². The summed E-state index contributed by atoms with van der Waals surface area (Å²) in [5.41, 5.74) is 1.63. The van der Waals surface area contributed by atoms with Crippen molar-refractivity contribution < 1.29 is 9.47 Å². The van der Waals surface area contributed by atoms with E-state index in [2.05, 4.69) is 15.1 Å². The Morgan fingerprint density at radius 3 is 2.38 bits per heavy atom. The molecule has 24 heavy (non-hydrogen) atoms. The highest BCUT2D eigenvalue weighted by atomic mass is 16.5. The Morgan fingerprint density at radius 2 is 1.62 bits per heavy atom. The summed E-state index contributed by atoms with van der Waals surface area (Å²) in [6, 6.07) is 17.1. The van der Waals surface area contributed by atoms with Crippen LogP contribution in [0.3, 0.4) is 0 Å². The number of methoxy groups -OCH3 is 1. The number of benzene rings is 2. The van der Waals surface area contributed by atoms with E-state index in [1.165, 1.54) is 6.33 Å². The van der Waals surface area contributed by atoms with E-state index in [1.807, 2.05) is 54.6 Å². The van der Waals surface area contributed by atoms with Gasteiger partial charge in [-0.15, -0.1) is 0 Å². The van der Waals surface area contributed by atoms with E-state index in [-0.39, 0.29) is 0 Å². The maximum absolute atomic E-state index is 5.88. The number of nitrogens with zero attached hydrogens (tertiary/aromatic N) is 4. The molecule has 0 radical (unpaired) electrons. The lowest BCUT2D eigenvalue weighted by molar-refractivity contribution is 0.412. The van der Waals surface area contributed by atoms with Gasteiger partial charge in [0.05, 0.1) is 19.0 Å². The second kappa shape index (κ2) is 6.00. The first-order valence-corrected chi connectivity index (χ1v) is 7.41. The normalized spacial score (nSPS) is 10.7. The van der Waals surface area contributed by atoms with E-state index in [0.717, 1.165) is 16.8 Å². The van der Waals surface area contributed by atoms with Crippen LogP contribution in [0.25, 0.3) is 16.7 Å². The second-order valence-corrected chi connectivity index (χ2v) is 5.09. The molecule has 0 saturated heterocycles. The van der Waals surface area contributed by atoms with Crippen LogP contribution in [0, 0.1) is 0 Å². The second-order valence-electron chi connectivity index (χ2n) is 5.09. The zero-order chi connectivity index (χ0) is 16.4. The average molecular weight is 318 g/mol. The molecule has 0 N–H and O–H groups in total. The fourth-order valence-electron chi connectivity index (χ4n) is 2.42. The monoisotopic (exact) mass is 318 g/mol. The van der Waals surface area contributed by atoms with E-state index in [1.54, 1.807) is 18.0 Å². The van der Waals surface area contributed by atoms with E-state index < -0.39 is 0 Å². The Morgan fingerprint density at radius 1 is 0.875 bits per heavy atom. The number of aromatic nitrogens is 4. The molecule has 6 heteroatoms. The predicted octanol–water partition coefficient (Wildman–Crippen LogP) is 3.62. The van der Waals surface area contributed by atoms with Gasteiger partial charge in [-0.2, -0.15) is 5.10 Å². The smallest absolute Gasteiger partial charge is 0.233 e. The summed E-state index contributed by atoms with van der Waals surface area (Å²) in [6.07, 6.45) is 3.18. The molecule has 2 aromatic carbocycles. The highest BCUT2D eigenvalue weighted by molar-refractivity contribution is 5.81. The molecule has 0 saturated carbocycles. The number of hydrogen-bond donors (Lipinski definition) is 0. The van der Waals surface area contributed by atoms with E-state index in [9.17, 15) is 0 Å². The first-order valence-electron chi connectivity index (χ1n) is 7.41. The Kier molecular flexibility index (Phi) is 3.55. The molecule has 0 bridgehead atoms. The molecule has 0 aliphatic carbocycles. The van der Waals surface area contributed by atoms with Crippen molar-refractivity contribution in [3.05, 3.63) is 67.1 Å². The summed E-state index contributed by atoms with van der Waals surface area (Å²) in [5.74, 6) is 1.91. The highest BCUT2D eigenvalue weighted by Gasteiger charge is 2.12. The van der Waals surface area contributed by atoms with Crippen molar-refractivity contribution in [3.8, 4) is 23.1 Å². The van der Waals surface area contributed by atoms with Crippen LogP contribution in [0.2, 0.25) is 0 Å². The summed E-state index contributed by atoms with van der Waals surface area (Å²) in [7, 11) is 1.63. The number of ether oxygens (including phenoxy) is 2. The van der Waals surface area contributed by atoms with Crippen LogP contribution >= 0.6 is 0 Å². The van der Waals surface area contributed by atoms with Crippen LogP contribution < -0.4 is 9.47 Å². The van der Waals surface area contributed by atoms with Gasteiger partial charge >= 0.3 is 0 Å². The minimum atomic E-state index is 0.465. The van der Waals surface area contributed by atoms with Crippen molar-refractivity contribution >= 4 is 11.0 Å². The highest BCUT2D eigenvalue weighted by Crippen LogP contribution is 2.28. The minimum Gasteiger partial charge on any atom is -0.497 e. The maximum atomic E-state index is 5.88. The van der Waals surface area contributed by atoms with Crippen molar-refractivity contribution in [3.63, 3.8) is 0 Å². The van der Waals surface area contributed by atoms with Gasteiger partial charge in [0, 0.05) is 0 Å². The number of para-hydroxylation sites is 1. The van der Waals surface area contributed by atoms with Crippen molar-refractivity contribution in [2.24, 2.45) is 0 Å². The Hall–Kier alpha value is -3.41. The van der Waals surface area contributed by atoms with Gasteiger partial charge in [0.15, 0.2) is 5.65 Å². The van der Waals surface area contributed by atoms with E-state index in [0.29, 0.717) is 17.3 Å². The standard InChI is InChI=1S/C18H14N4O2/c1-23-14-7-9-15(10-8-14)24-18-16-11-21-22(17(16)19-12-20-18)13-5-3-2-4-6-13/h2-12H,1H3. The van der Waals surface area contributed by atoms with Crippen molar-refractivity contribution in [2.45, 2.75) is 0 Å². The topological polar surface area (TPSA) is 62.1 Å². The van der Waals surface area contributed by atoms with Crippen LogP contribution in [0.5, 0.6) is 17.4 Å². The molecule has 0 aliphatic heterocycles. The lowest BCUT2D eigenvalue weighted by atomic mass is 10.3. The summed E-state index contributed by atoms with van der Waals surface area (Å²) in [5, 5.41) is 5.16. The molecule has 2 heterocycles. The number of hydrogen-bond acceptors (Lipinski definition) is 5. The number of fused-ring (bicyclic) bond motifs is 1. The molecule has 0 amide bonds. The molecule has 118 valence electrons. The third kappa shape index (κ3) is 2.54. The van der Waals surface area contributed by atoms with Gasteiger partial charge in [0.1, 0.15) is 23.2 Å². The van der Waals surface area contributed by atoms with Gasteiger partial charge in [-0.25, -0.2) is 14.6 Å². The lowest BCUT2D eigenvalue weighted by Gasteiger charge is -2.07. The van der Waals surface area contributed by atoms with Gasteiger partial charge in [-0.05, 0) is 36.4 Å². The van der Waals surface area contributed by atoms with Crippen LogP contribution in [0.1, 0.15) is 0 Å². The predicted molar refractivity (Wildman–Crippen MR) is 89.7 cm³/mol. The molecule has 0 fully saturated rings. The summed E-state index contributed by atoms with van der Waals surface area (Å²) < 4.78 is 12.8. The molecule has 2 aromatic heterocycles. The van der Waals surface area contributed by atoms with Crippen LogP contribution in [-0.2, 0) is 0 Å². The third-order valence-electron chi connectivity index (χ3n) is 3.60. The zero-order valence-corrected chi connectivity index (χ0v) is 13.0. The Bertz CT molecular complexity index is 965. The first kappa shape index (κ1) is 14.2. The van der Waals surface area contributed by atoms with E-state index in [4.69, 9.17) is 9.47 Å². The summed E-state index contributed by atoms with van der Waals surface area (Å²) >= 11 is 0. The fraction of sp³-hybridized carbons (Fsp3) is 0.0556. The van der Waals surface area contributed by atoms with Crippen molar-refractivity contribution in [1.82, 2.24) is 19.7 Å². The summed E-state index contributed by atoms with van der Waals surface area (Å²) in [4.78, 5) is 8.57. The average Bonchev–Trinajstić information content (AvgIpc) is 3.08. The van der Waals surface area contributed by atoms with Gasteiger partial charge in [0.25, 0.3) is 0 Å². The molecule has 0 spiro atoms.